The van der Waals surface area contributed by atoms with Crippen molar-refractivity contribution in [3.05, 3.63) is 281 Å². The molecule has 0 saturated carbocycles. The Hall–Kier alpha value is -8.47. The average molecular weight is 1020 g/mol. The van der Waals surface area contributed by atoms with Crippen LogP contribution >= 0.6 is 0 Å². The predicted octanol–water partition coefficient (Wildman–Crippen LogP) is 14.7. The van der Waals surface area contributed by atoms with Gasteiger partial charge in [-0.2, -0.15) is 5.10 Å². The van der Waals surface area contributed by atoms with E-state index >= 15 is 0 Å². The van der Waals surface area contributed by atoms with Crippen LogP contribution in [0, 0.1) is 0 Å². The zero-order chi connectivity index (χ0) is 52.7. The molecule has 0 atom stereocenters. The van der Waals surface area contributed by atoms with Crippen LogP contribution < -0.4 is 9.74 Å². The highest BCUT2D eigenvalue weighted by Gasteiger charge is 2.47. The van der Waals surface area contributed by atoms with Crippen molar-refractivity contribution in [2.45, 2.75) is 82.2 Å². The molecule has 3 aromatic heterocycles. The molecule has 76 heavy (non-hydrogen) atoms. The summed E-state index contributed by atoms with van der Waals surface area (Å²) in [6.07, 6.45) is 7.01. The van der Waals surface area contributed by atoms with Crippen LogP contribution in [0.25, 0.3) is 16.7 Å². The van der Waals surface area contributed by atoms with E-state index in [1.165, 1.54) is 0 Å². The van der Waals surface area contributed by atoms with Gasteiger partial charge in [-0.3, -0.25) is 9.48 Å². The quantitative estimate of drug-likeness (QED) is 0.0351. The lowest BCUT2D eigenvalue weighted by atomic mass is 9.77. The van der Waals surface area contributed by atoms with Gasteiger partial charge >= 0.3 is 0 Å². The van der Waals surface area contributed by atoms with E-state index < -0.39 is 19.4 Å². The Kier molecular flexibility index (Phi) is 14.9. The number of anilines is 1. The standard InChI is InChI=1S/C66H65N7O2Si/c1-48(2)76(49(3)4,50(5)6)75-59-39-25-26-51(44-59)40-42-72-47-52(46-67-72)60(41-43-74)61-45-62(69-65(53-27-13-7-14-28-53,54-29-15-8-16-30-54)55-31-17-9-18-32-55)68-64-63(61)70-71-73(64)66(56-33-19-10-20-34-56,57-35-21-11-22-36-57)58-37-23-12-24-38-58/h7-39,41,43-50H,40,42H2,1-6H3,(H,68,69)/b60-41+. The molecule has 1 N–H and O–H groups in total. The van der Waals surface area contributed by atoms with E-state index in [0.29, 0.717) is 51.3 Å². The van der Waals surface area contributed by atoms with Crippen LogP contribution in [0.3, 0.4) is 0 Å². The number of allylic oxidation sites excluding steroid dienone is 1. The third-order valence-electron chi connectivity index (χ3n) is 15.2. The lowest BCUT2D eigenvalue weighted by Gasteiger charge is -2.42. The van der Waals surface area contributed by atoms with Crippen molar-refractivity contribution in [2.24, 2.45) is 0 Å². The summed E-state index contributed by atoms with van der Waals surface area (Å²) in [7, 11) is -2.15. The summed E-state index contributed by atoms with van der Waals surface area (Å²) in [5.41, 5.74) is 9.56. The first-order valence-corrected chi connectivity index (χ1v) is 28.6. The number of aldehydes is 1. The van der Waals surface area contributed by atoms with E-state index in [1.807, 2.05) is 64.2 Å². The van der Waals surface area contributed by atoms with Crippen LogP contribution in [-0.2, 0) is 28.8 Å². The Balaban J connectivity index is 1.16. The van der Waals surface area contributed by atoms with E-state index in [1.54, 1.807) is 6.08 Å². The highest BCUT2D eigenvalue weighted by molar-refractivity contribution is 6.78. The van der Waals surface area contributed by atoms with E-state index in [9.17, 15) is 4.79 Å². The number of aryl methyl sites for hydroxylation is 2. The molecule has 10 heteroatoms. The lowest BCUT2D eigenvalue weighted by Crippen LogP contribution is -2.50. The number of carbonyl (C=O) groups is 1. The molecule has 0 spiro atoms. The monoisotopic (exact) mass is 1020 g/mol. The van der Waals surface area contributed by atoms with Gasteiger partial charge in [-0.05, 0) is 91.8 Å². The molecule has 0 aliphatic heterocycles. The van der Waals surface area contributed by atoms with Gasteiger partial charge in [0.1, 0.15) is 34.4 Å². The molecular formula is C66H65N7O2Si. The molecule has 380 valence electrons. The number of hydrogen-bond acceptors (Lipinski definition) is 7. The molecule has 3 heterocycles. The Morgan fingerprint density at radius 2 is 1.08 bits per heavy atom. The fraction of sp³-hybridized carbons (Fsp3) is 0.197. The minimum atomic E-state index is -2.15. The highest BCUT2D eigenvalue weighted by Crippen LogP contribution is 2.46. The smallest absolute Gasteiger partial charge is 0.258 e. The number of benzene rings is 7. The highest BCUT2D eigenvalue weighted by atomic mass is 28.4. The first-order chi connectivity index (χ1) is 37.1. The first-order valence-electron chi connectivity index (χ1n) is 26.4. The third-order valence-corrected chi connectivity index (χ3v) is 21.2. The van der Waals surface area contributed by atoms with Gasteiger partial charge in [-0.25, -0.2) is 9.67 Å². The molecule has 0 radical (unpaired) electrons. The fourth-order valence-corrected chi connectivity index (χ4v) is 17.1. The Labute approximate surface area is 448 Å². The number of pyridine rings is 1. The number of nitrogens with one attached hydrogen (secondary N) is 1. The van der Waals surface area contributed by atoms with E-state index in [4.69, 9.17) is 24.8 Å². The van der Waals surface area contributed by atoms with E-state index in [-0.39, 0.29) is 0 Å². The predicted molar refractivity (Wildman–Crippen MR) is 310 cm³/mol. The summed E-state index contributed by atoms with van der Waals surface area (Å²) < 4.78 is 11.0. The molecule has 0 aliphatic carbocycles. The van der Waals surface area contributed by atoms with Crippen molar-refractivity contribution in [3.8, 4) is 5.75 Å². The molecule has 7 aromatic carbocycles. The second-order valence-electron chi connectivity index (χ2n) is 20.5. The number of carbonyl (C=O) groups excluding carboxylic acids is 1. The molecule has 9 nitrogen and oxygen atoms in total. The molecule has 0 saturated heterocycles. The van der Waals surface area contributed by atoms with Gasteiger partial charge in [-0.1, -0.05) is 241 Å². The summed E-state index contributed by atoms with van der Waals surface area (Å²) in [5, 5.41) is 19.2. The van der Waals surface area contributed by atoms with Gasteiger partial charge in [-0.15, -0.1) is 5.10 Å². The maximum atomic E-state index is 13.1. The number of aromatic nitrogens is 6. The largest absolute Gasteiger partial charge is 0.543 e. The van der Waals surface area contributed by atoms with Crippen molar-refractivity contribution >= 4 is 37.2 Å². The Morgan fingerprint density at radius 1 is 0.605 bits per heavy atom. The maximum absolute atomic E-state index is 13.1. The summed E-state index contributed by atoms with van der Waals surface area (Å²) in [4.78, 5) is 18.7. The van der Waals surface area contributed by atoms with Gasteiger partial charge in [0, 0.05) is 23.9 Å². The number of rotatable bonds is 20. The van der Waals surface area contributed by atoms with Gasteiger partial charge in [0.2, 0.25) is 0 Å². The van der Waals surface area contributed by atoms with Crippen LogP contribution in [0.15, 0.2) is 231 Å². The molecular weight excluding hydrogens is 951 g/mol. The molecule has 0 fully saturated rings. The van der Waals surface area contributed by atoms with Crippen LogP contribution in [0.2, 0.25) is 16.6 Å². The normalized spacial score (nSPS) is 12.4. The summed E-state index contributed by atoms with van der Waals surface area (Å²) >= 11 is 0. The van der Waals surface area contributed by atoms with Gasteiger partial charge in [0.25, 0.3) is 8.32 Å². The molecule has 0 aliphatic rings. The van der Waals surface area contributed by atoms with E-state index in [2.05, 4.69) is 217 Å². The summed E-state index contributed by atoms with van der Waals surface area (Å²) in [6, 6.07) is 73.2. The van der Waals surface area contributed by atoms with Crippen LogP contribution in [0.5, 0.6) is 5.75 Å². The second-order valence-corrected chi connectivity index (χ2v) is 25.9. The fourth-order valence-electron chi connectivity index (χ4n) is 11.9. The van der Waals surface area contributed by atoms with Crippen molar-refractivity contribution in [2.75, 3.05) is 5.32 Å². The van der Waals surface area contributed by atoms with Gasteiger partial charge in [0.15, 0.2) is 5.65 Å². The van der Waals surface area contributed by atoms with Gasteiger partial charge in [0.05, 0.1) is 6.20 Å². The summed E-state index contributed by atoms with van der Waals surface area (Å²) in [6.45, 7) is 14.5. The zero-order valence-corrected chi connectivity index (χ0v) is 45.2. The lowest BCUT2D eigenvalue weighted by molar-refractivity contribution is -0.104. The third kappa shape index (κ3) is 9.49. The average Bonchev–Trinajstić information content (AvgIpc) is 4.16. The molecule has 10 aromatic rings. The topological polar surface area (TPSA) is 99.7 Å². The van der Waals surface area contributed by atoms with Crippen LogP contribution in [0.4, 0.5) is 5.82 Å². The number of hydrogen-bond donors (Lipinski definition) is 1. The second kappa shape index (κ2) is 22.2. The molecule has 0 amide bonds. The Morgan fingerprint density at radius 3 is 1.54 bits per heavy atom. The van der Waals surface area contributed by atoms with E-state index in [0.717, 1.165) is 63.0 Å². The van der Waals surface area contributed by atoms with Crippen molar-refractivity contribution in [3.63, 3.8) is 0 Å². The van der Waals surface area contributed by atoms with Crippen LogP contribution in [0.1, 0.15) is 91.6 Å². The van der Waals surface area contributed by atoms with Crippen molar-refractivity contribution in [1.82, 2.24) is 29.8 Å². The number of nitrogens with zero attached hydrogens (tertiary/aromatic N) is 6. The molecule has 0 unspecified atom stereocenters. The minimum absolute atomic E-state index is 0.462. The van der Waals surface area contributed by atoms with Crippen molar-refractivity contribution in [1.29, 1.82) is 0 Å². The van der Waals surface area contributed by atoms with Gasteiger partial charge < -0.3 is 9.74 Å². The van der Waals surface area contributed by atoms with Crippen LogP contribution in [-0.4, -0.2) is 44.4 Å². The Bertz CT molecular complexity index is 3330. The maximum Gasteiger partial charge on any atom is 0.258 e. The van der Waals surface area contributed by atoms with Crippen molar-refractivity contribution < 1.29 is 9.22 Å². The first kappa shape index (κ1) is 51.0. The molecule has 10 rings (SSSR count). The summed E-state index contributed by atoms with van der Waals surface area (Å²) in [5.74, 6) is 1.47. The zero-order valence-electron chi connectivity index (χ0n) is 44.2. The SMILES string of the molecule is CC(C)[Si](Oc1cccc(CCn2cc(/C(=C\C=O)c3cc(NC(c4ccccc4)(c4ccccc4)c4ccccc4)nc4c3nnn4C(c3ccccc3)(c3ccccc3)c3ccccc3)cn2)c1)(C(C)C)C(C)C. The minimum Gasteiger partial charge on any atom is -0.543 e. The number of fused-ring (bicyclic) bond motifs is 1. The molecule has 0 bridgehead atoms.